The van der Waals surface area contributed by atoms with Gasteiger partial charge in [-0.25, -0.2) is 4.79 Å². The van der Waals surface area contributed by atoms with Gasteiger partial charge in [-0.05, 0) is 30.7 Å². The molecule has 0 aliphatic carbocycles. The van der Waals surface area contributed by atoms with Crippen molar-refractivity contribution in [2.45, 2.75) is 19.5 Å². The molecule has 2 aromatic carbocycles. The van der Waals surface area contributed by atoms with E-state index < -0.39 is 29.2 Å². The van der Waals surface area contributed by atoms with Crippen molar-refractivity contribution in [2.75, 3.05) is 0 Å². The second-order valence-electron chi connectivity index (χ2n) is 5.71. The van der Waals surface area contributed by atoms with Gasteiger partial charge < -0.3 is 5.11 Å². The van der Waals surface area contributed by atoms with E-state index in [0.717, 1.165) is 16.8 Å². The summed E-state index contributed by atoms with van der Waals surface area (Å²) in [6.45, 7) is 1.76. The average molecular weight is 397 g/mol. The van der Waals surface area contributed by atoms with Crippen LogP contribution in [0.3, 0.4) is 0 Å². The Morgan fingerprint density at radius 1 is 1.22 bits per heavy atom. The molecule has 0 amide bonds. The number of carbonyl (C=O) groups excluding carboxylic acids is 1. The number of halogens is 4. The van der Waals surface area contributed by atoms with Crippen molar-refractivity contribution in [3.05, 3.63) is 63.8 Å². The summed E-state index contributed by atoms with van der Waals surface area (Å²) in [5.41, 5.74) is -1.48. The number of aromatic nitrogens is 2. The van der Waals surface area contributed by atoms with Gasteiger partial charge in [0.1, 0.15) is 0 Å². The zero-order chi connectivity index (χ0) is 19.9. The number of hydrogen-bond donors (Lipinski definition) is 1. The number of nitrogens with zero attached hydrogens (tertiary/aromatic N) is 2. The summed E-state index contributed by atoms with van der Waals surface area (Å²) in [4.78, 5) is 24.2. The number of hydrogen-bond acceptors (Lipinski definition) is 3. The van der Waals surface area contributed by atoms with Crippen LogP contribution in [0.15, 0.2) is 36.4 Å². The van der Waals surface area contributed by atoms with Crippen LogP contribution >= 0.6 is 11.6 Å². The number of carboxylic acids is 1. The summed E-state index contributed by atoms with van der Waals surface area (Å²) in [6.07, 6.45) is -4.39. The van der Waals surface area contributed by atoms with Gasteiger partial charge in [0.25, 0.3) is 5.91 Å². The van der Waals surface area contributed by atoms with Crippen LogP contribution in [-0.4, -0.2) is 26.8 Å². The van der Waals surface area contributed by atoms with Gasteiger partial charge in [-0.1, -0.05) is 30.7 Å². The summed E-state index contributed by atoms with van der Waals surface area (Å²) in [6, 6.07) is 7.06. The number of aryl methyl sites for hydroxylation is 1. The molecule has 0 saturated carbocycles. The molecule has 0 bridgehead atoms. The maximum absolute atomic E-state index is 13.3. The minimum Gasteiger partial charge on any atom is -0.478 e. The first-order valence-corrected chi connectivity index (χ1v) is 8.18. The normalized spacial score (nSPS) is 11.7. The highest BCUT2D eigenvalue weighted by molar-refractivity contribution is 6.34. The molecule has 0 aliphatic rings. The highest BCUT2D eigenvalue weighted by atomic mass is 35.5. The summed E-state index contributed by atoms with van der Waals surface area (Å²) < 4.78 is 40.8. The molecule has 0 atom stereocenters. The van der Waals surface area contributed by atoms with Gasteiger partial charge >= 0.3 is 12.1 Å². The number of fused-ring (bicyclic) bond motifs is 1. The van der Waals surface area contributed by atoms with Crippen LogP contribution in [0.2, 0.25) is 5.02 Å². The SMILES string of the molecule is CCc1nn(C(=O)c2c(Cl)cccc2C(F)(F)F)c2cc(C(=O)O)ccc12. The molecule has 1 heterocycles. The van der Waals surface area contributed by atoms with Crippen molar-refractivity contribution >= 4 is 34.4 Å². The fraction of sp³-hybridized carbons (Fsp3) is 0.167. The Morgan fingerprint density at radius 2 is 1.93 bits per heavy atom. The van der Waals surface area contributed by atoms with Crippen LogP contribution in [0.1, 0.15) is 38.9 Å². The maximum atomic E-state index is 13.3. The summed E-state index contributed by atoms with van der Waals surface area (Å²) in [5, 5.41) is 13.4. The van der Waals surface area contributed by atoms with Crippen molar-refractivity contribution in [1.82, 2.24) is 9.78 Å². The zero-order valence-corrected chi connectivity index (χ0v) is 14.6. The maximum Gasteiger partial charge on any atom is 0.417 e. The molecule has 27 heavy (non-hydrogen) atoms. The van der Waals surface area contributed by atoms with Crippen molar-refractivity contribution < 1.29 is 27.9 Å². The van der Waals surface area contributed by atoms with Crippen LogP contribution in [0.4, 0.5) is 13.2 Å². The molecule has 0 saturated heterocycles. The van der Waals surface area contributed by atoms with E-state index in [2.05, 4.69) is 5.10 Å². The Labute approximate surface area is 156 Å². The molecule has 3 rings (SSSR count). The van der Waals surface area contributed by atoms with E-state index >= 15 is 0 Å². The molecule has 1 aromatic heterocycles. The Bertz CT molecular complexity index is 1070. The van der Waals surface area contributed by atoms with Crippen molar-refractivity contribution in [2.24, 2.45) is 0 Å². The molecule has 140 valence electrons. The van der Waals surface area contributed by atoms with E-state index in [4.69, 9.17) is 16.7 Å². The molecular weight excluding hydrogens is 385 g/mol. The summed E-state index contributed by atoms with van der Waals surface area (Å²) in [5.74, 6) is -2.32. The van der Waals surface area contributed by atoms with Gasteiger partial charge in [0.2, 0.25) is 0 Å². The lowest BCUT2D eigenvalue weighted by Gasteiger charge is -2.13. The average Bonchev–Trinajstić information content (AvgIpc) is 2.98. The standard InChI is InChI=1S/C18H12ClF3N2O3/c1-2-13-10-7-6-9(17(26)27)8-14(10)24(23-13)16(25)15-11(18(20,21)22)4-3-5-12(15)19/h3-8H,2H2,1H3,(H,26,27). The van der Waals surface area contributed by atoms with Gasteiger partial charge in [-0.15, -0.1) is 0 Å². The van der Waals surface area contributed by atoms with Crippen LogP contribution in [0, 0.1) is 0 Å². The lowest BCUT2D eigenvalue weighted by Crippen LogP contribution is -2.20. The zero-order valence-electron chi connectivity index (χ0n) is 13.8. The fourth-order valence-electron chi connectivity index (χ4n) is 2.81. The Hall–Kier alpha value is -2.87. The van der Waals surface area contributed by atoms with E-state index in [-0.39, 0.29) is 16.1 Å². The lowest BCUT2D eigenvalue weighted by molar-refractivity contribution is -0.137. The predicted molar refractivity (Wildman–Crippen MR) is 92.3 cm³/mol. The summed E-state index contributed by atoms with van der Waals surface area (Å²) >= 11 is 5.90. The Balaban J connectivity index is 2.29. The van der Waals surface area contributed by atoms with E-state index in [0.29, 0.717) is 17.5 Å². The minimum atomic E-state index is -4.79. The Kier molecular flexibility index (Phi) is 4.69. The second-order valence-corrected chi connectivity index (χ2v) is 6.12. The van der Waals surface area contributed by atoms with Gasteiger partial charge in [0, 0.05) is 5.39 Å². The number of carbonyl (C=O) groups is 2. The Morgan fingerprint density at radius 3 is 2.52 bits per heavy atom. The van der Waals surface area contributed by atoms with Crippen molar-refractivity contribution in [1.29, 1.82) is 0 Å². The topological polar surface area (TPSA) is 72.2 Å². The summed E-state index contributed by atoms with van der Waals surface area (Å²) in [7, 11) is 0. The third-order valence-electron chi connectivity index (χ3n) is 4.06. The molecule has 0 unspecified atom stereocenters. The van der Waals surface area contributed by atoms with Gasteiger partial charge in [-0.2, -0.15) is 23.0 Å². The molecule has 5 nitrogen and oxygen atoms in total. The largest absolute Gasteiger partial charge is 0.478 e. The van der Waals surface area contributed by atoms with Crippen molar-refractivity contribution in [3.63, 3.8) is 0 Å². The quantitative estimate of drug-likeness (QED) is 0.699. The highest BCUT2D eigenvalue weighted by Gasteiger charge is 2.37. The first-order valence-electron chi connectivity index (χ1n) is 7.80. The van der Waals surface area contributed by atoms with E-state index in [9.17, 15) is 22.8 Å². The molecule has 9 heteroatoms. The molecule has 3 aromatic rings. The molecule has 0 spiro atoms. The molecule has 0 fully saturated rings. The molecule has 1 N–H and O–H groups in total. The lowest BCUT2D eigenvalue weighted by atomic mass is 10.1. The van der Waals surface area contributed by atoms with Gasteiger partial charge in [0.05, 0.1) is 32.9 Å². The predicted octanol–water partition coefficient (Wildman–Crippen LogP) is 4.66. The first kappa shape index (κ1) is 18.9. The smallest absolute Gasteiger partial charge is 0.417 e. The number of aromatic carboxylic acids is 1. The van der Waals surface area contributed by atoms with Crippen LogP contribution in [0.5, 0.6) is 0 Å². The molecule has 0 aliphatic heterocycles. The fourth-order valence-corrected chi connectivity index (χ4v) is 3.07. The van der Waals surface area contributed by atoms with E-state index in [1.807, 2.05) is 0 Å². The number of alkyl halides is 3. The van der Waals surface area contributed by atoms with E-state index in [1.165, 1.54) is 24.3 Å². The highest BCUT2D eigenvalue weighted by Crippen LogP contribution is 2.36. The van der Waals surface area contributed by atoms with Crippen LogP contribution in [0.25, 0.3) is 10.9 Å². The first-order chi connectivity index (χ1) is 12.6. The van der Waals surface area contributed by atoms with Crippen LogP contribution < -0.4 is 0 Å². The molecular formula is C18H12ClF3N2O3. The van der Waals surface area contributed by atoms with E-state index in [1.54, 1.807) is 6.92 Å². The second kappa shape index (κ2) is 6.70. The van der Waals surface area contributed by atoms with Crippen LogP contribution in [-0.2, 0) is 12.6 Å². The monoisotopic (exact) mass is 396 g/mol. The number of benzene rings is 2. The number of rotatable bonds is 3. The van der Waals surface area contributed by atoms with Gasteiger partial charge in [0.15, 0.2) is 0 Å². The molecule has 0 radical (unpaired) electrons. The van der Waals surface area contributed by atoms with Crippen molar-refractivity contribution in [3.8, 4) is 0 Å². The van der Waals surface area contributed by atoms with Gasteiger partial charge in [-0.3, -0.25) is 4.79 Å². The minimum absolute atomic E-state index is 0.102. The number of carboxylic acid groups (broad SMARTS) is 1. The third-order valence-corrected chi connectivity index (χ3v) is 4.38. The third kappa shape index (κ3) is 3.28.